The molecule has 0 amide bonds. The maximum absolute atomic E-state index is 2.41. The molecule has 1 nitrogen and oxygen atoms in total. The van der Waals surface area contributed by atoms with Gasteiger partial charge in [-0.05, 0) is 117 Å². The van der Waals surface area contributed by atoms with E-state index in [0.717, 1.165) is 17.1 Å². The normalized spacial score (nSPS) is 12.8. The van der Waals surface area contributed by atoms with Crippen LogP contribution in [-0.4, -0.2) is 0 Å². The summed E-state index contributed by atoms with van der Waals surface area (Å²) in [5.41, 5.74) is 18.8. The van der Waals surface area contributed by atoms with Crippen LogP contribution >= 0.6 is 0 Å². The van der Waals surface area contributed by atoms with Crippen LogP contribution in [0.4, 0.5) is 17.1 Å². The number of rotatable bonds is 6. The molecule has 232 valence electrons. The Balaban J connectivity index is 1.24. The third-order valence-corrected chi connectivity index (χ3v) is 10.2. The Labute approximate surface area is 284 Å². The van der Waals surface area contributed by atoms with Crippen molar-refractivity contribution in [2.45, 2.75) is 33.1 Å². The van der Waals surface area contributed by atoms with Gasteiger partial charge in [0.25, 0.3) is 0 Å². The molecule has 0 atom stereocenters. The first-order chi connectivity index (χ1) is 23.4. The maximum Gasteiger partial charge on any atom is 0.0467 e. The summed E-state index contributed by atoms with van der Waals surface area (Å²) in [7, 11) is 0. The summed E-state index contributed by atoms with van der Waals surface area (Å²) in [6.07, 6.45) is 0. The first kappa shape index (κ1) is 29.7. The summed E-state index contributed by atoms with van der Waals surface area (Å²) in [6.45, 7) is 9.11. The molecule has 0 heterocycles. The van der Waals surface area contributed by atoms with Gasteiger partial charge in [0, 0.05) is 22.5 Å². The molecule has 1 heteroatoms. The first-order valence-electron chi connectivity index (χ1n) is 16.9. The van der Waals surface area contributed by atoms with Crippen LogP contribution in [0.3, 0.4) is 0 Å². The van der Waals surface area contributed by atoms with Gasteiger partial charge in [-0.1, -0.05) is 141 Å². The second-order valence-corrected chi connectivity index (χ2v) is 13.5. The van der Waals surface area contributed by atoms with E-state index in [4.69, 9.17) is 0 Å². The lowest BCUT2D eigenvalue weighted by Crippen LogP contribution is -2.16. The Bertz CT molecular complexity index is 2270. The summed E-state index contributed by atoms with van der Waals surface area (Å²) in [5, 5.41) is 0. The van der Waals surface area contributed by atoms with E-state index in [1.165, 1.54) is 66.8 Å². The molecule has 0 radical (unpaired) electrons. The summed E-state index contributed by atoms with van der Waals surface area (Å²) >= 11 is 0. The highest BCUT2D eigenvalue weighted by molar-refractivity contribution is 5.87. The lowest BCUT2D eigenvalue weighted by Gasteiger charge is -2.28. The van der Waals surface area contributed by atoms with Crippen molar-refractivity contribution >= 4 is 17.1 Å². The lowest BCUT2D eigenvalue weighted by molar-refractivity contribution is 0.660. The van der Waals surface area contributed by atoms with Crippen molar-refractivity contribution in [3.05, 3.63) is 186 Å². The minimum Gasteiger partial charge on any atom is -0.310 e. The van der Waals surface area contributed by atoms with Crippen molar-refractivity contribution < 1.29 is 0 Å². The van der Waals surface area contributed by atoms with Crippen molar-refractivity contribution in [1.82, 2.24) is 0 Å². The van der Waals surface area contributed by atoms with Crippen LogP contribution in [0.1, 0.15) is 36.1 Å². The van der Waals surface area contributed by atoms with Crippen LogP contribution in [0.25, 0.3) is 44.5 Å². The van der Waals surface area contributed by atoms with Gasteiger partial charge in [-0.2, -0.15) is 0 Å². The van der Waals surface area contributed by atoms with Gasteiger partial charge in [0.15, 0.2) is 0 Å². The van der Waals surface area contributed by atoms with E-state index >= 15 is 0 Å². The standard InChI is InChI=1S/C47H39N/c1-32-13-8-9-18-41(32)42-27-23-37(29-33(42)2)36-16-12-17-39(30-36)48(38-24-21-35(22-25-38)34-14-6-5-7-15-34)40-26-28-44-43-19-10-11-20-45(43)47(3,4)46(44)31-40/h5-31H,1-4H3. The molecule has 0 saturated heterocycles. The number of aryl methyl sites for hydroxylation is 2. The molecule has 7 aromatic rings. The van der Waals surface area contributed by atoms with Gasteiger partial charge >= 0.3 is 0 Å². The van der Waals surface area contributed by atoms with Crippen molar-refractivity contribution in [1.29, 1.82) is 0 Å². The quantitative estimate of drug-likeness (QED) is 0.179. The molecule has 0 unspecified atom stereocenters. The highest BCUT2D eigenvalue weighted by Gasteiger charge is 2.35. The lowest BCUT2D eigenvalue weighted by atomic mass is 9.82. The molecule has 0 bridgehead atoms. The molecule has 0 saturated carbocycles. The molecule has 1 aliphatic rings. The van der Waals surface area contributed by atoms with Gasteiger partial charge in [0.05, 0.1) is 0 Å². The average molecular weight is 618 g/mol. The highest BCUT2D eigenvalue weighted by Crippen LogP contribution is 2.50. The number of nitrogens with zero attached hydrogens (tertiary/aromatic N) is 1. The largest absolute Gasteiger partial charge is 0.310 e. The van der Waals surface area contributed by atoms with Gasteiger partial charge in [0.2, 0.25) is 0 Å². The van der Waals surface area contributed by atoms with Crippen molar-refractivity contribution in [2.75, 3.05) is 4.90 Å². The number of fused-ring (bicyclic) bond motifs is 3. The smallest absolute Gasteiger partial charge is 0.0467 e. The molecular formula is C47H39N. The SMILES string of the molecule is Cc1ccccc1-c1ccc(-c2cccc(N(c3ccc(-c4ccccc4)cc3)c3ccc4c(c3)C(C)(C)c3ccccc3-4)c2)cc1C. The summed E-state index contributed by atoms with van der Waals surface area (Å²) in [5.74, 6) is 0. The third kappa shape index (κ3) is 5.13. The Hall–Kier alpha value is -5.66. The zero-order valence-electron chi connectivity index (χ0n) is 28.0. The van der Waals surface area contributed by atoms with Crippen molar-refractivity contribution in [2.24, 2.45) is 0 Å². The fourth-order valence-electron chi connectivity index (χ4n) is 7.56. The van der Waals surface area contributed by atoms with Gasteiger partial charge < -0.3 is 4.90 Å². The second kappa shape index (κ2) is 11.9. The average Bonchev–Trinajstić information content (AvgIpc) is 3.35. The molecule has 1 aliphatic carbocycles. The van der Waals surface area contributed by atoms with Crippen LogP contribution < -0.4 is 4.90 Å². The molecule has 48 heavy (non-hydrogen) atoms. The topological polar surface area (TPSA) is 3.24 Å². The van der Waals surface area contributed by atoms with E-state index in [0.29, 0.717) is 0 Å². The molecule has 0 aliphatic heterocycles. The van der Waals surface area contributed by atoms with E-state index in [1.807, 2.05) is 0 Å². The highest BCUT2D eigenvalue weighted by atomic mass is 15.1. The molecular weight excluding hydrogens is 579 g/mol. The summed E-state index contributed by atoms with van der Waals surface area (Å²) in [6, 6.07) is 60.0. The fourth-order valence-corrected chi connectivity index (χ4v) is 7.56. The minimum absolute atomic E-state index is 0.0804. The Kier molecular flexibility index (Phi) is 7.34. The molecule has 7 aromatic carbocycles. The van der Waals surface area contributed by atoms with Gasteiger partial charge in [-0.25, -0.2) is 0 Å². The van der Waals surface area contributed by atoms with Crippen molar-refractivity contribution in [3.8, 4) is 44.5 Å². The fraction of sp³-hybridized carbons (Fsp3) is 0.106. The Morgan fingerprint density at radius 2 is 0.896 bits per heavy atom. The second-order valence-electron chi connectivity index (χ2n) is 13.5. The minimum atomic E-state index is -0.0804. The van der Waals surface area contributed by atoms with Crippen molar-refractivity contribution in [3.63, 3.8) is 0 Å². The third-order valence-electron chi connectivity index (χ3n) is 10.2. The van der Waals surface area contributed by atoms with Crippen LogP contribution in [-0.2, 0) is 5.41 Å². The predicted octanol–water partition coefficient (Wildman–Crippen LogP) is 13.1. The van der Waals surface area contributed by atoms with Crippen LogP contribution in [0, 0.1) is 13.8 Å². The first-order valence-corrected chi connectivity index (χ1v) is 16.9. The monoisotopic (exact) mass is 617 g/mol. The number of hydrogen-bond acceptors (Lipinski definition) is 1. The van der Waals surface area contributed by atoms with E-state index < -0.39 is 0 Å². The van der Waals surface area contributed by atoms with Gasteiger partial charge in [0.1, 0.15) is 0 Å². The van der Waals surface area contributed by atoms with E-state index in [-0.39, 0.29) is 5.41 Å². The number of benzene rings is 7. The maximum atomic E-state index is 2.41. The van der Waals surface area contributed by atoms with Gasteiger partial charge in [-0.3, -0.25) is 0 Å². The van der Waals surface area contributed by atoms with E-state index in [9.17, 15) is 0 Å². The molecule has 8 rings (SSSR count). The Morgan fingerprint density at radius 1 is 0.354 bits per heavy atom. The zero-order chi connectivity index (χ0) is 32.8. The zero-order valence-corrected chi connectivity index (χ0v) is 28.0. The summed E-state index contributed by atoms with van der Waals surface area (Å²) in [4.78, 5) is 2.41. The van der Waals surface area contributed by atoms with Gasteiger partial charge in [-0.15, -0.1) is 0 Å². The molecule has 0 N–H and O–H groups in total. The number of hydrogen-bond donors (Lipinski definition) is 0. The van der Waals surface area contributed by atoms with E-state index in [1.54, 1.807) is 0 Å². The predicted molar refractivity (Wildman–Crippen MR) is 204 cm³/mol. The van der Waals surface area contributed by atoms with E-state index in [2.05, 4.69) is 196 Å². The molecule has 0 fully saturated rings. The molecule has 0 spiro atoms. The molecule has 0 aromatic heterocycles. The van der Waals surface area contributed by atoms with Crippen LogP contribution in [0.5, 0.6) is 0 Å². The Morgan fingerprint density at radius 3 is 1.67 bits per heavy atom. The number of anilines is 3. The van der Waals surface area contributed by atoms with Crippen LogP contribution in [0.2, 0.25) is 0 Å². The van der Waals surface area contributed by atoms with Crippen LogP contribution in [0.15, 0.2) is 164 Å². The summed E-state index contributed by atoms with van der Waals surface area (Å²) < 4.78 is 0.